The minimum Gasteiger partial charge on any atom is -0.239 e. The van der Waals surface area contributed by atoms with Gasteiger partial charge in [0.15, 0.2) is 0 Å². The molecule has 2 aromatic heterocycles. The van der Waals surface area contributed by atoms with Gasteiger partial charge in [0, 0.05) is 16.5 Å². The number of thiazole rings is 1. The van der Waals surface area contributed by atoms with Gasteiger partial charge in [-0.2, -0.15) is 4.80 Å². The van der Waals surface area contributed by atoms with E-state index in [0.29, 0.717) is 12.4 Å². The van der Waals surface area contributed by atoms with Crippen molar-refractivity contribution in [3.63, 3.8) is 0 Å². The van der Waals surface area contributed by atoms with Gasteiger partial charge in [-0.05, 0) is 36.4 Å². The zero-order chi connectivity index (χ0) is 17.2. The molecule has 0 spiro atoms. The minimum atomic E-state index is -0.289. The molecule has 0 radical (unpaired) electrons. The highest BCUT2D eigenvalue weighted by molar-refractivity contribution is 7.09. The summed E-state index contributed by atoms with van der Waals surface area (Å²) in [6.45, 7) is 2.51. The van der Waals surface area contributed by atoms with E-state index < -0.39 is 0 Å². The van der Waals surface area contributed by atoms with E-state index in [-0.39, 0.29) is 5.82 Å². The van der Waals surface area contributed by atoms with E-state index in [0.717, 1.165) is 21.8 Å². The molecule has 4 rings (SSSR count). The number of tetrazole rings is 1. The van der Waals surface area contributed by atoms with Crippen LogP contribution in [0.3, 0.4) is 0 Å². The average molecular weight is 351 g/mol. The number of hydrogen-bond donors (Lipinski definition) is 0. The molecule has 124 valence electrons. The molecule has 0 saturated heterocycles. The molecule has 4 aromatic rings. The zero-order valence-corrected chi connectivity index (χ0v) is 14.2. The predicted molar refractivity (Wildman–Crippen MR) is 94.6 cm³/mol. The SMILES string of the molecule is Cc1ccc(-c2csc(Cn3nnc(-c4ccc(F)cc4)n3)n2)cc1. The van der Waals surface area contributed by atoms with Crippen molar-refractivity contribution in [2.45, 2.75) is 13.5 Å². The van der Waals surface area contributed by atoms with Crippen molar-refractivity contribution in [1.82, 2.24) is 25.2 Å². The lowest BCUT2D eigenvalue weighted by Gasteiger charge is -1.97. The Hall–Kier alpha value is -2.93. The van der Waals surface area contributed by atoms with E-state index in [4.69, 9.17) is 0 Å². The fourth-order valence-electron chi connectivity index (χ4n) is 2.39. The summed E-state index contributed by atoms with van der Waals surface area (Å²) in [4.78, 5) is 6.14. The van der Waals surface area contributed by atoms with Crippen molar-refractivity contribution >= 4 is 11.3 Å². The van der Waals surface area contributed by atoms with Gasteiger partial charge >= 0.3 is 0 Å². The zero-order valence-electron chi connectivity index (χ0n) is 13.4. The first-order chi connectivity index (χ1) is 12.2. The van der Waals surface area contributed by atoms with Crippen LogP contribution >= 0.6 is 11.3 Å². The van der Waals surface area contributed by atoms with Crippen LogP contribution < -0.4 is 0 Å². The van der Waals surface area contributed by atoms with Gasteiger partial charge in [-0.1, -0.05) is 29.8 Å². The first-order valence-electron chi connectivity index (χ1n) is 7.72. The van der Waals surface area contributed by atoms with Gasteiger partial charge in [0.1, 0.15) is 17.4 Å². The van der Waals surface area contributed by atoms with Crippen molar-refractivity contribution in [1.29, 1.82) is 0 Å². The van der Waals surface area contributed by atoms with Crippen LogP contribution in [-0.2, 0) is 6.54 Å². The van der Waals surface area contributed by atoms with Crippen molar-refractivity contribution in [3.05, 3.63) is 70.3 Å². The molecule has 7 heteroatoms. The lowest BCUT2D eigenvalue weighted by atomic mass is 10.1. The fraction of sp³-hybridized carbons (Fsp3) is 0.111. The van der Waals surface area contributed by atoms with Crippen LogP contribution in [0.15, 0.2) is 53.9 Å². The van der Waals surface area contributed by atoms with E-state index in [1.165, 1.54) is 22.5 Å². The Kier molecular flexibility index (Phi) is 4.07. The monoisotopic (exact) mass is 351 g/mol. The number of rotatable bonds is 4. The Bertz CT molecular complexity index is 907. The molecule has 0 bridgehead atoms. The Morgan fingerprint density at radius 2 is 1.72 bits per heavy atom. The van der Waals surface area contributed by atoms with Crippen LogP contribution in [0.2, 0.25) is 0 Å². The molecule has 2 heterocycles. The molecule has 0 aliphatic carbocycles. The topological polar surface area (TPSA) is 56.5 Å². The normalized spacial score (nSPS) is 11.0. The van der Waals surface area contributed by atoms with Gasteiger partial charge in [0.25, 0.3) is 0 Å². The number of aromatic nitrogens is 5. The summed E-state index contributed by atoms with van der Waals surface area (Å²) >= 11 is 1.56. The smallest absolute Gasteiger partial charge is 0.204 e. The van der Waals surface area contributed by atoms with Gasteiger partial charge in [0.2, 0.25) is 5.82 Å². The van der Waals surface area contributed by atoms with Crippen LogP contribution in [0, 0.1) is 12.7 Å². The Morgan fingerprint density at radius 3 is 2.48 bits per heavy atom. The van der Waals surface area contributed by atoms with Crippen molar-refractivity contribution in [3.8, 4) is 22.6 Å². The van der Waals surface area contributed by atoms with Crippen LogP contribution in [0.4, 0.5) is 4.39 Å². The van der Waals surface area contributed by atoms with Crippen LogP contribution in [0.1, 0.15) is 10.6 Å². The van der Waals surface area contributed by atoms with Gasteiger partial charge < -0.3 is 0 Å². The second kappa shape index (κ2) is 6.52. The highest BCUT2D eigenvalue weighted by Gasteiger charge is 2.09. The van der Waals surface area contributed by atoms with Crippen LogP contribution in [-0.4, -0.2) is 25.2 Å². The van der Waals surface area contributed by atoms with E-state index in [9.17, 15) is 4.39 Å². The van der Waals surface area contributed by atoms with Gasteiger partial charge in [0.05, 0.1) is 5.69 Å². The van der Waals surface area contributed by atoms with Crippen LogP contribution in [0.25, 0.3) is 22.6 Å². The summed E-state index contributed by atoms with van der Waals surface area (Å²) in [7, 11) is 0. The van der Waals surface area contributed by atoms with Gasteiger partial charge in [-0.15, -0.1) is 21.5 Å². The average Bonchev–Trinajstić information content (AvgIpc) is 3.27. The number of nitrogens with zero attached hydrogens (tertiary/aromatic N) is 5. The Balaban J connectivity index is 1.51. The summed E-state index contributed by atoms with van der Waals surface area (Å²) in [5, 5.41) is 15.3. The second-order valence-electron chi connectivity index (χ2n) is 5.64. The number of benzene rings is 2. The summed E-state index contributed by atoms with van der Waals surface area (Å²) in [6.07, 6.45) is 0. The third kappa shape index (κ3) is 3.46. The first-order valence-corrected chi connectivity index (χ1v) is 8.60. The van der Waals surface area contributed by atoms with Crippen LogP contribution in [0.5, 0.6) is 0 Å². The molecule has 0 aliphatic heterocycles. The van der Waals surface area contributed by atoms with Crippen molar-refractivity contribution < 1.29 is 4.39 Å². The molecule has 0 amide bonds. The Morgan fingerprint density at radius 1 is 1.00 bits per heavy atom. The molecular formula is C18H14FN5S. The number of halogens is 1. The summed E-state index contributed by atoms with van der Waals surface area (Å²) < 4.78 is 13.0. The molecule has 0 N–H and O–H groups in total. The standard InChI is InChI=1S/C18H14FN5S/c1-12-2-4-13(5-3-12)16-11-25-17(20-16)10-24-22-18(21-23-24)14-6-8-15(19)9-7-14/h2-9,11H,10H2,1H3. The maximum atomic E-state index is 13.0. The Labute approximate surface area is 147 Å². The lowest BCUT2D eigenvalue weighted by molar-refractivity contribution is 0.571. The van der Waals surface area contributed by atoms with E-state index in [1.807, 2.05) is 5.38 Å². The molecule has 0 unspecified atom stereocenters. The molecule has 2 aromatic carbocycles. The molecule has 0 saturated carbocycles. The largest absolute Gasteiger partial charge is 0.239 e. The molecule has 0 aliphatic rings. The molecule has 0 fully saturated rings. The van der Waals surface area contributed by atoms with E-state index in [1.54, 1.807) is 23.5 Å². The third-order valence-corrected chi connectivity index (χ3v) is 4.56. The van der Waals surface area contributed by atoms with Gasteiger partial charge in [-0.25, -0.2) is 9.37 Å². The molecule has 25 heavy (non-hydrogen) atoms. The fourth-order valence-corrected chi connectivity index (χ4v) is 3.16. The molecular weight excluding hydrogens is 337 g/mol. The molecule has 5 nitrogen and oxygen atoms in total. The second-order valence-corrected chi connectivity index (χ2v) is 6.59. The summed E-state index contributed by atoms with van der Waals surface area (Å²) in [5.41, 5.74) is 3.98. The van der Waals surface area contributed by atoms with Crippen molar-refractivity contribution in [2.24, 2.45) is 0 Å². The van der Waals surface area contributed by atoms with Gasteiger partial charge in [-0.3, -0.25) is 0 Å². The first kappa shape index (κ1) is 15.6. The number of hydrogen-bond acceptors (Lipinski definition) is 5. The summed E-state index contributed by atoms with van der Waals surface area (Å²) in [5.74, 6) is 0.179. The summed E-state index contributed by atoms with van der Waals surface area (Å²) in [6, 6.07) is 14.3. The predicted octanol–water partition coefficient (Wildman–Crippen LogP) is 3.96. The maximum absolute atomic E-state index is 13.0. The van der Waals surface area contributed by atoms with E-state index >= 15 is 0 Å². The highest BCUT2D eigenvalue weighted by atomic mass is 32.1. The highest BCUT2D eigenvalue weighted by Crippen LogP contribution is 2.22. The number of aryl methyl sites for hydroxylation is 1. The lowest BCUT2D eigenvalue weighted by Crippen LogP contribution is -2.03. The minimum absolute atomic E-state index is 0.289. The quantitative estimate of drug-likeness (QED) is 0.558. The molecule has 0 atom stereocenters. The van der Waals surface area contributed by atoms with E-state index in [2.05, 4.69) is 51.6 Å². The van der Waals surface area contributed by atoms with Crippen molar-refractivity contribution in [2.75, 3.05) is 0 Å². The maximum Gasteiger partial charge on any atom is 0.204 e. The third-order valence-electron chi connectivity index (χ3n) is 3.73.